The van der Waals surface area contributed by atoms with Crippen LogP contribution >= 0.6 is 0 Å². The zero-order valence-corrected chi connectivity index (χ0v) is 9.66. The fourth-order valence-corrected chi connectivity index (χ4v) is 1.86. The number of alkyl halides is 1. The minimum Gasteiger partial charge on any atom is -0.496 e. The molecule has 0 aromatic heterocycles. The van der Waals surface area contributed by atoms with Crippen LogP contribution in [0.4, 0.5) is 4.39 Å². The lowest BCUT2D eigenvalue weighted by molar-refractivity contribution is 0.150. The molecule has 1 atom stereocenters. The van der Waals surface area contributed by atoms with Gasteiger partial charge < -0.3 is 9.84 Å². The first-order valence-corrected chi connectivity index (χ1v) is 5.57. The fraction of sp³-hybridized carbons (Fsp3) is 0.538. The van der Waals surface area contributed by atoms with Gasteiger partial charge in [0, 0.05) is 6.42 Å². The lowest BCUT2D eigenvalue weighted by atomic mass is 10.0. The van der Waals surface area contributed by atoms with Gasteiger partial charge >= 0.3 is 0 Å². The van der Waals surface area contributed by atoms with Gasteiger partial charge in [-0.1, -0.05) is 6.07 Å². The fourth-order valence-electron chi connectivity index (χ4n) is 1.86. The predicted molar refractivity (Wildman–Crippen MR) is 60.4 cm³/mol. The number of aliphatic hydroxyl groups is 1. The molecule has 0 heterocycles. The minimum absolute atomic E-state index is 0.552. The van der Waals surface area contributed by atoms with Crippen LogP contribution in [0.1, 0.15) is 37.1 Å². The van der Waals surface area contributed by atoms with Crippen molar-refractivity contribution in [1.29, 1.82) is 0 Å². The molecule has 1 unspecified atom stereocenters. The molecule has 1 aromatic carbocycles. The summed E-state index contributed by atoms with van der Waals surface area (Å²) in [6, 6.07) is 5.29. The molecule has 2 nitrogen and oxygen atoms in total. The van der Waals surface area contributed by atoms with Gasteiger partial charge in [0.15, 0.2) is 0 Å². The highest BCUT2D eigenvalue weighted by Crippen LogP contribution is 2.40. The summed E-state index contributed by atoms with van der Waals surface area (Å²) in [6.07, 6.45) is 1.21. The molecule has 2 rings (SSSR count). The van der Waals surface area contributed by atoms with E-state index in [1.807, 2.05) is 0 Å². The summed E-state index contributed by atoms with van der Waals surface area (Å²) in [6.45, 7) is 1.51. The number of rotatable bonds is 4. The van der Waals surface area contributed by atoms with Crippen LogP contribution in [-0.2, 0) is 6.42 Å². The quantitative estimate of drug-likeness (QED) is 0.852. The summed E-state index contributed by atoms with van der Waals surface area (Å²) in [7, 11) is 1.59. The maximum absolute atomic E-state index is 13.2. The summed E-state index contributed by atoms with van der Waals surface area (Å²) in [4.78, 5) is 0. The van der Waals surface area contributed by atoms with Crippen molar-refractivity contribution in [3.63, 3.8) is 0 Å². The van der Waals surface area contributed by atoms with E-state index in [1.165, 1.54) is 6.92 Å². The van der Waals surface area contributed by atoms with Crippen molar-refractivity contribution in [3.05, 3.63) is 29.3 Å². The van der Waals surface area contributed by atoms with Crippen LogP contribution in [-0.4, -0.2) is 17.8 Å². The smallest absolute Gasteiger partial charge is 0.122 e. The Kier molecular flexibility index (Phi) is 2.89. The van der Waals surface area contributed by atoms with Crippen LogP contribution in [0.25, 0.3) is 0 Å². The Bertz CT molecular complexity index is 384. The first kappa shape index (κ1) is 11.4. The molecule has 16 heavy (non-hydrogen) atoms. The van der Waals surface area contributed by atoms with Gasteiger partial charge in [-0.25, -0.2) is 4.39 Å². The number of benzene rings is 1. The molecule has 0 bridgehead atoms. The van der Waals surface area contributed by atoms with Crippen LogP contribution in [0.5, 0.6) is 5.75 Å². The van der Waals surface area contributed by atoms with Gasteiger partial charge in [0.1, 0.15) is 11.9 Å². The normalized spacial score (nSPS) is 19.2. The average Bonchev–Trinajstić information content (AvgIpc) is 2.96. The molecule has 88 valence electrons. The summed E-state index contributed by atoms with van der Waals surface area (Å²) in [5.41, 5.74) is 0.954. The van der Waals surface area contributed by atoms with E-state index in [1.54, 1.807) is 25.3 Å². The number of ether oxygens (including phenoxy) is 1. The Balaban J connectivity index is 2.27. The largest absolute Gasteiger partial charge is 0.496 e. The molecule has 1 N–H and O–H groups in total. The molecule has 1 aromatic rings. The third kappa shape index (κ3) is 2.35. The first-order chi connectivity index (χ1) is 7.54. The Hall–Kier alpha value is -1.09. The molecular weight excluding hydrogens is 207 g/mol. The van der Waals surface area contributed by atoms with Gasteiger partial charge in [-0.2, -0.15) is 0 Å². The summed E-state index contributed by atoms with van der Waals surface area (Å²) >= 11 is 0. The van der Waals surface area contributed by atoms with Gasteiger partial charge in [-0.05, 0) is 43.0 Å². The van der Waals surface area contributed by atoms with Crippen molar-refractivity contribution >= 4 is 0 Å². The lowest BCUT2D eigenvalue weighted by Crippen LogP contribution is -2.12. The van der Waals surface area contributed by atoms with Crippen molar-refractivity contribution in [3.8, 4) is 5.75 Å². The first-order valence-electron chi connectivity index (χ1n) is 5.57. The van der Waals surface area contributed by atoms with Crippen molar-refractivity contribution in [1.82, 2.24) is 0 Å². The molecule has 0 saturated heterocycles. The highest BCUT2D eigenvalue weighted by Gasteiger charge is 2.40. The summed E-state index contributed by atoms with van der Waals surface area (Å²) in [5.74, 6) is 0.727. The molecule has 1 aliphatic carbocycles. The van der Waals surface area contributed by atoms with Crippen LogP contribution in [0.2, 0.25) is 0 Å². The summed E-state index contributed by atoms with van der Waals surface area (Å²) in [5, 5.41) is 9.88. The van der Waals surface area contributed by atoms with Gasteiger partial charge in [0.05, 0.1) is 12.7 Å². The van der Waals surface area contributed by atoms with Gasteiger partial charge in [0.2, 0.25) is 0 Å². The van der Waals surface area contributed by atoms with Crippen molar-refractivity contribution < 1.29 is 14.2 Å². The summed E-state index contributed by atoms with van der Waals surface area (Å²) < 4.78 is 18.4. The third-order valence-corrected chi connectivity index (χ3v) is 3.11. The molecular formula is C13H17FO2. The predicted octanol–water partition coefficient (Wildman–Crippen LogP) is 2.79. The highest BCUT2D eigenvalue weighted by atomic mass is 19.1. The molecule has 1 saturated carbocycles. The lowest BCUT2D eigenvalue weighted by Gasteiger charge is -2.14. The van der Waals surface area contributed by atoms with E-state index in [2.05, 4.69) is 0 Å². The van der Waals surface area contributed by atoms with E-state index >= 15 is 0 Å². The van der Waals surface area contributed by atoms with Gasteiger partial charge in [-0.15, -0.1) is 0 Å². The molecule has 0 aliphatic heterocycles. The number of hydrogen-bond acceptors (Lipinski definition) is 2. The molecule has 1 fully saturated rings. The average molecular weight is 224 g/mol. The van der Waals surface area contributed by atoms with E-state index < -0.39 is 11.8 Å². The van der Waals surface area contributed by atoms with E-state index in [-0.39, 0.29) is 0 Å². The number of halogens is 1. The van der Waals surface area contributed by atoms with E-state index in [4.69, 9.17) is 4.74 Å². The zero-order valence-electron chi connectivity index (χ0n) is 9.66. The minimum atomic E-state index is -0.987. The topological polar surface area (TPSA) is 29.5 Å². The number of hydrogen-bond donors (Lipinski definition) is 1. The van der Waals surface area contributed by atoms with E-state index in [0.29, 0.717) is 12.0 Å². The van der Waals surface area contributed by atoms with Gasteiger partial charge in [0.25, 0.3) is 0 Å². The second kappa shape index (κ2) is 4.06. The van der Waals surface area contributed by atoms with Crippen molar-refractivity contribution in [2.45, 2.75) is 38.0 Å². The number of methoxy groups -OCH3 is 1. The third-order valence-electron chi connectivity index (χ3n) is 3.11. The Morgan fingerprint density at radius 1 is 1.50 bits per heavy atom. The van der Waals surface area contributed by atoms with Crippen LogP contribution in [0, 0.1) is 0 Å². The standard InChI is InChI=1S/C13H17FO2/c1-9(14)10-3-4-12(16-2)11(7-10)8-13(15)5-6-13/h3-4,7,9,15H,5-6,8H2,1-2H3. The highest BCUT2D eigenvalue weighted by molar-refractivity contribution is 5.39. The zero-order chi connectivity index (χ0) is 11.8. The van der Waals surface area contributed by atoms with E-state index in [0.717, 1.165) is 24.2 Å². The maximum atomic E-state index is 13.2. The van der Waals surface area contributed by atoms with Crippen LogP contribution < -0.4 is 4.74 Å². The monoisotopic (exact) mass is 224 g/mol. The Morgan fingerprint density at radius 2 is 2.19 bits per heavy atom. The second-order valence-electron chi connectivity index (χ2n) is 4.59. The molecule has 3 heteroatoms. The van der Waals surface area contributed by atoms with E-state index in [9.17, 15) is 9.50 Å². The van der Waals surface area contributed by atoms with Gasteiger partial charge in [-0.3, -0.25) is 0 Å². The van der Waals surface area contributed by atoms with Crippen LogP contribution in [0.15, 0.2) is 18.2 Å². The molecule has 1 aliphatic rings. The SMILES string of the molecule is COc1ccc(C(C)F)cc1CC1(O)CC1. The molecule has 0 spiro atoms. The van der Waals surface area contributed by atoms with Crippen LogP contribution in [0.3, 0.4) is 0 Å². The molecule has 0 amide bonds. The maximum Gasteiger partial charge on any atom is 0.122 e. The second-order valence-corrected chi connectivity index (χ2v) is 4.59. The van der Waals surface area contributed by atoms with Crippen molar-refractivity contribution in [2.24, 2.45) is 0 Å². The molecule has 0 radical (unpaired) electrons. The Morgan fingerprint density at radius 3 is 2.69 bits per heavy atom. The Labute approximate surface area is 95.1 Å². The van der Waals surface area contributed by atoms with Crippen molar-refractivity contribution in [2.75, 3.05) is 7.11 Å².